The number of amides is 3. The molecule has 1 aromatic carbocycles. The number of primary amides is 1. The SMILES string of the molecule is CCOC(=O)N1CCc2c(sc(NC(=O)Cc3ccccc3)c2C(N)=O)C1. The molecule has 3 rings (SSSR count). The lowest BCUT2D eigenvalue weighted by molar-refractivity contribution is -0.115. The molecule has 1 aromatic heterocycles. The Morgan fingerprint density at radius 2 is 2.00 bits per heavy atom. The Balaban J connectivity index is 1.79. The number of fused-ring (bicyclic) bond motifs is 1. The lowest BCUT2D eigenvalue weighted by Gasteiger charge is -2.26. The average molecular weight is 387 g/mol. The van der Waals surface area contributed by atoms with Crippen LogP contribution in [-0.2, 0) is 28.9 Å². The molecule has 1 aliphatic rings. The normalized spacial score (nSPS) is 13.0. The van der Waals surface area contributed by atoms with Crippen molar-refractivity contribution in [3.8, 4) is 0 Å². The summed E-state index contributed by atoms with van der Waals surface area (Å²) in [6, 6.07) is 9.35. The molecule has 142 valence electrons. The summed E-state index contributed by atoms with van der Waals surface area (Å²) >= 11 is 1.29. The van der Waals surface area contributed by atoms with Gasteiger partial charge in [0.15, 0.2) is 0 Å². The van der Waals surface area contributed by atoms with Crippen LogP contribution in [0.25, 0.3) is 0 Å². The second-order valence-electron chi connectivity index (χ2n) is 6.15. The van der Waals surface area contributed by atoms with Crippen molar-refractivity contribution >= 4 is 34.2 Å². The summed E-state index contributed by atoms with van der Waals surface area (Å²) in [6.45, 7) is 2.85. The highest BCUT2D eigenvalue weighted by Gasteiger charge is 2.29. The predicted octanol–water partition coefficient (Wildman–Crippen LogP) is 2.54. The van der Waals surface area contributed by atoms with Gasteiger partial charge in [-0.05, 0) is 24.5 Å². The highest BCUT2D eigenvalue weighted by atomic mass is 32.1. The third-order valence-corrected chi connectivity index (χ3v) is 5.42. The van der Waals surface area contributed by atoms with Crippen molar-refractivity contribution in [2.45, 2.75) is 26.3 Å². The summed E-state index contributed by atoms with van der Waals surface area (Å²) < 4.78 is 5.04. The number of carbonyl (C=O) groups is 3. The number of carbonyl (C=O) groups excluding carboxylic acids is 3. The number of ether oxygens (including phenoxy) is 1. The van der Waals surface area contributed by atoms with Crippen molar-refractivity contribution in [1.82, 2.24) is 4.90 Å². The predicted molar refractivity (Wildman–Crippen MR) is 103 cm³/mol. The van der Waals surface area contributed by atoms with E-state index in [1.165, 1.54) is 11.3 Å². The van der Waals surface area contributed by atoms with E-state index in [4.69, 9.17) is 10.5 Å². The summed E-state index contributed by atoms with van der Waals surface area (Å²) in [5.41, 5.74) is 7.60. The van der Waals surface area contributed by atoms with Gasteiger partial charge in [0, 0.05) is 11.4 Å². The van der Waals surface area contributed by atoms with Crippen LogP contribution in [0, 0.1) is 0 Å². The van der Waals surface area contributed by atoms with Gasteiger partial charge in [-0.1, -0.05) is 30.3 Å². The molecule has 0 saturated heterocycles. The molecule has 0 aliphatic carbocycles. The van der Waals surface area contributed by atoms with Crippen molar-refractivity contribution < 1.29 is 19.1 Å². The second kappa shape index (κ2) is 8.22. The van der Waals surface area contributed by atoms with Crippen molar-refractivity contribution in [3.63, 3.8) is 0 Å². The van der Waals surface area contributed by atoms with Gasteiger partial charge in [-0.25, -0.2) is 4.79 Å². The molecule has 2 aromatic rings. The van der Waals surface area contributed by atoms with E-state index in [2.05, 4.69) is 5.32 Å². The highest BCUT2D eigenvalue weighted by Crippen LogP contribution is 2.37. The molecule has 27 heavy (non-hydrogen) atoms. The summed E-state index contributed by atoms with van der Waals surface area (Å²) in [5, 5.41) is 3.25. The Hall–Kier alpha value is -2.87. The number of benzene rings is 1. The van der Waals surface area contributed by atoms with Gasteiger partial charge in [0.05, 0.1) is 25.1 Å². The van der Waals surface area contributed by atoms with Crippen LogP contribution in [0.2, 0.25) is 0 Å². The maximum Gasteiger partial charge on any atom is 0.410 e. The van der Waals surface area contributed by atoms with E-state index in [1.54, 1.807) is 11.8 Å². The summed E-state index contributed by atoms with van der Waals surface area (Å²) in [4.78, 5) is 38.8. The molecule has 0 fully saturated rings. The zero-order valence-corrected chi connectivity index (χ0v) is 15.8. The standard InChI is InChI=1S/C19H21N3O4S/c1-2-26-19(25)22-9-8-13-14(11-22)27-18(16(13)17(20)24)21-15(23)10-12-6-4-3-5-7-12/h3-7H,2,8-11H2,1H3,(H2,20,24)(H,21,23). The number of nitrogens with one attached hydrogen (secondary N) is 1. The molecule has 0 saturated carbocycles. The van der Waals surface area contributed by atoms with Gasteiger partial charge in [0.25, 0.3) is 5.91 Å². The fourth-order valence-corrected chi connectivity index (χ4v) is 4.36. The molecule has 8 heteroatoms. The minimum absolute atomic E-state index is 0.205. The second-order valence-corrected chi connectivity index (χ2v) is 7.26. The van der Waals surface area contributed by atoms with E-state index in [9.17, 15) is 14.4 Å². The molecule has 0 spiro atoms. The molecule has 3 N–H and O–H groups in total. The van der Waals surface area contributed by atoms with Crippen LogP contribution >= 0.6 is 11.3 Å². The molecule has 7 nitrogen and oxygen atoms in total. The minimum atomic E-state index is -0.577. The number of rotatable bonds is 5. The van der Waals surface area contributed by atoms with E-state index in [0.717, 1.165) is 16.0 Å². The summed E-state index contributed by atoms with van der Waals surface area (Å²) in [5.74, 6) is -0.795. The van der Waals surface area contributed by atoms with Gasteiger partial charge >= 0.3 is 6.09 Å². The third kappa shape index (κ3) is 4.28. The van der Waals surface area contributed by atoms with Gasteiger partial charge in [0.1, 0.15) is 5.00 Å². The molecule has 0 unspecified atom stereocenters. The molecule has 0 atom stereocenters. The van der Waals surface area contributed by atoms with E-state index in [1.807, 2.05) is 30.3 Å². The number of thiophene rings is 1. The number of hydrogen-bond donors (Lipinski definition) is 2. The molecule has 0 bridgehead atoms. The van der Waals surface area contributed by atoms with Gasteiger partial charge in [-0.15, -0.1) is 11.3 Å². The largest absolute Gasteiger partial charge is 0.450 e. The number of nitrogens with zero attached hydrogens (tertiary/aromatic N) is 1. The Bertz CT molecular complexity index is 863. The Labute approximate surface area is 161 Å². The molecule has 1 aliphatic heterocycles. The first-order chi connectivity index (χ1) is 13.0. The van der Waals surface area contributed by atoms with Crippen LogP contribution in [0.15, 0.2) is 30.3 Å². The lowest BCUT2D eigenvalue weighted by Crippen LogP contribution is -2.36. The Kier molecular flexibility index (Phi) is 5.75. The fraction of sp³-hybridized carbons (Fsp3) is 0.316. The van der Waals surface area contributed by atoms with E-state index in [0.29, 0.717) is 36.7 Å². The van der Waals surface area contributed by atoms with Crippen LogP contribution in [0.4, 0.5) is 9.80 Å². The number of hydrogen-bond acceptors (Lipinski definition) is 5. The van der Waals surface area contributed by atoms with Crippen molar-refractivity contribution in [2.24, 2.45) is 5.73 Å². The van der Waals surface area contributed by atoms with Crippen LogP contribution < -0.4 is 11.1 Å². The first kappa shape index (κ1) is 18.9. The van der Waals surface area contributed by atoms with Crippen LogP contribution in [0.1, 0.15) is 33.3 Å². The van der Waals surface area contributed by atoms with Gasteiger partial charge in [0.2, 0.25) is 5.91 Å². The van der Waals surface area contributed by atoms with Crippen LogP contribution in [0.5, 0.6) is 0 Å². The maximum atomic E-state index is 12.4. The Morgan fingerprint density at radius 3 is 2.67 bits per heavy atom. The maximum absolute atomic E-state index is 12.4. The topological polar surface area (TPSA) is 102 Å². The summed E-state index contributed by atoms with van der Waals surface area (Å²) in [7, 11) is 0. The van der Waals surface area contributed by atoms with Crippen molar-refractivity contribution in [2.75, 3.05) is 18.5 Å². The zero-order valence-electron chi connectivity index (χ0n) is 15.0. The van der Waals surface area contributed by atoms with Crippen LogP contribution in [0.3, 0.4) is 0 Å². The van der Waals surface area contributed by atoms with Gasteiger partial charge < -0.3 is 20.7 Å². The van der Waals surface area contributed by atoms with Crippen LogP contribution in [-0.4, -0.2) is 36.0 Å². The zero-order chi connectivity index (χ0) is 19.4. The van der Waals surface area contributed by atoms with Gasteiger partial charge in [-0.2, -0.15) is 0 Å². The van der Waals surface area contributed by atoms with Crippen molar-refractivity contribution in [1.29, 1.82) is 0 Å². The smallest absolute Gasteiger partial charge is 0.410 e. The number of anilines is 1. The molecule has 2 heterocycles. The monoisotopic (exact) mass is 387 g/mol. The van der Waals surface area contributed by atoms with E-state index in [-0.39, 0.29) is 18.4 Å². The molecular weight excluding hydrogens is 366 g/mol. The highest BCUT2D eigenvalue weighted by molar-refractivity contribution is 7.17. The minimum Gasteiger partial charge on any atom is -0.450 e. The Morgan fingerprint density at radius 1 is 1.26 bits per heavy atom. The summed E-state index contributed by atoms with van der Waals surface area (Å²) in [6.07, 6.45) is 0.320. The third-order valence-electron chi connectivity index (χ3n) is 4.29. The van der Waals surface area contributed by atoms with Gasteiger partial charge in [-0.3, -0.25) is 9.59 Å². The first-order valence-electron chi connectivity index (χ1n) is 8.69. The van der Waals surface area contributed by atoms with E-state index < -0.39 is 5.91 Å². The quantitative estimate of drug-likeness (QED) is 0.823. The average Bonchev–Trinajstić information content (AvgIpc) is 2.99. The fourth-order valence-electron chi connectivity index (χ4n) is 3.07. The van der Waals surface area contributed by atoms with Crippen molar-refractivity contribution in [3.05, 3.63) is 51.9 Å². The van der Waals surface area contributed by atoms with E-state index >= 15 is 0 Å². The lowest BCUT2D eigenvalue weighted by atomic mass is 10.0. The number of nitrogens with two attached hydrogens (primary N) is 1. The molecule has 3 amide bonds. The molecule has 0 radical (unpaired) electrons. The molecular formula is C19H21N3O4S. The first-order valence-corrected chi connectivity index (χ1v) is 9.51.